The number of benzene rings is 2. The lowest BCUT2D eigenvalue weighted by Crippen LogP contribution is -2.06. The van der Waals surface area contributed by atoms with Crippen LogP contribution in [-0.4, -0.2) is 12.0 Å². The van der Waals surface area contributed by atoms with E-state index in [0.717, 1.165) is 27.9 Å². The lowest BCUT2D eigenvalue weighted by Gasteiger charge is -2.09. The van der Waals surface area contributed by atoms with E-state index in [9.17, 15) is 10.1 Å². The van der Waals surface area contributed by atoms with E-state index in [-0.39, 0.29) is 5.69 Å². The fourth-order valence-electron chi connectivity index (χ4n) is 1.85. The Morgan fingerprint density at radius 3 is 2.57 bits per heavy atom. The molecule has 0 saturated carbocycles. The van der Waals surface area contributed by atoms with Gasteiger partial charge in [0, 0.05) is 23.2 Å². The first-order chi connectivity index (χ1) is 10.1. The molecule has 6 heteroatoms. The molecule has 0 bridgehead atoms. The number of nitrogens with zero attached hydrogens (tertiary/aromatic N) is 1. The van der Waals surface area contributed by atoms with Crippen LogP contribution >= 0.6 is 15.9 Å². The molecule has 0 spiro atoms. The number of rotatable bonds is 6. The summed E-state index contributed by atoms with van der Waals surface area (Å²) in [6.07, 6.45) is 0. The minimum Gasteiger partial charge on any atom is -0.489 e. The largest absolute Gasteiger partial charge is 0.489 e. The first kappa shape index (κ1) is 15.5. The van der Waals surface area contributed by atoms with Crippen molar-refractivity contribution >= 4 is 21.6 Å². The van der Waals surface area contributed by atoms with E-state index in [4.69, 9.17) is 4.74 Å². The predicted molar refractivity (Wildman–Crippen MR) is 84.3 cm³/mol. The van der Waals surface area contributed by atoms with Crippen molar-refractivity contribution in [3.05, 3.63) is 68.2 Å². The monoisotopic (exact) mass is 350 g/mol. The fourth-order valence-corrected chi connectivity index (χ4v) is 2.23. The molecule has 110 valence electrons. The SMILES string of the molecule is CNCc1cc(OCc2ccc([N+](=O)[O-])cc2)ccc1Br. The number of nitro groups is 1. The van der Waals surface area contributed by atoms with E-state index in [0.29, 0.717) is 6.61 Å². The van der Waals surface area contributed by atoms with Gasteiger partial charge in [0.15, 0.2) is 0 Å². The molecule has 0 aliphatic rings. The molecule has 0 atom stereocenters. The Bertz CT molecular complexity index is 629. The van der Waals surface area contributed by atoms with Gasteiger partial charge in [-0.1, -0.05) is 15.9 Å². The molecule has 0 unspecified atom stereocenters. The minimum absolute atomic E-state index is 0.0821. The van der Waals surface area contributed by atoms with Crippen molar-refractivity contribution in [2.45, 2.75) is 13.2 Å². The van der Waals surface area contributed by atoms with Crippen molar-refractivity contribution in [3.8, 4) is 5.75 Å². The average molecular weight is 351 g/mol. The maximum absolute atomic E-state index is 10.6. The van der Waals surface area contributed by atoms with Gasteiger partial charge in [0.25, 0.3) is 5.69 Å². The van der Waals surface area contributed by atoms with E-state index in [1.165, 1.54) is 12.1 Å². The molecule has 0 amide bonds. The molecule has 0 saturated heterocycles. The van der Waals surface area contributed by atoms with Crippen molar-refractivity contribution in [2.75, 3.05) is 7.05 Å². The number of nitrogens with one attached hydrogen (secondary N) is 1. The first-order valence-corrected chi connectivity index (χ1v) is 7.18. The maximum Gasteiger partial charge on any atom is 0.269 e. The van der Waals surface area contributed by atoms with E-state index in [1.54, 1.807) is 12.1 Å². The molecule has 2 rings (SSSR count). The quantitative estimate of drug-likeness (QED) is 0.637. The number of halogens is 1. The number of hydrogen-bond acceptors (Lipinski definition) is 4. The fraction of sp³-hybridized carbons (Fsp3) is 0.200. The second kappa shape index (κ2) is 7.19. The van der Waals surface area contributed by atoms with Gasteiger partial charge in [0.05, 0.1) is 4.92 Å². The van der Waals surface area contributed by atoms with Gasteiger partial charge in [0.1, 0.15) is 12.4 Å². The molecule has 1 N–H and O–H groups in total. The Balaban J connectivity index is 2.02. The van der Waals surface area contributed by atoms with E-state index in [1.807, 2.05) is 25.2 Å². The lowest BCUT2D eigenvalue weighted by atomic mass is 10.2. The van der Waals surface area contributed by atoms with Crippen LogP contribution in [0.15, 0.2) is 46.9 Å². The predicted octanol–water partition coefficient (Wildman–Crippen LogP) is 3.66. The van der Waals surface area contributed by atoms with Gasteiger partial charge >= 0.3 is 0 Å². The van der Waals surface area contributed by atoms with Gasteiger partial charge in [0.2, 0.25) is 0 Å². The van der Waals surface area contributed by atoms with Crippen LogP contribution in [0.4, 0.5) is 5.69 Å². The molecular weight excluding hydrogens is 336 g/mol. The van der Waals surface area contributed by atoms with Crippen LogP contribution in [0, 0.1) is 10.1 Å². The van der Waals surface area contributed by atoms with E-state index < -0.39 is 4.92 Å². The second-order valence-electron chi connectivity index (χ2n) is 4.50. The van der Waals surface area contributed by atoms with E-state index >= 15 is 0 Å². The van der Waals surface area contributed by atoms with Crippen molar-refractivity contribution in [2.24, 2.45) is 0 Å². The molecule has 0 heterocycles. The molecule has 0 fully saturated rings. The average Bonchev–Trinajstić information content (AvgIpc) is 2.48. The Morgan fingerprint density at radius 1 is 1.24 bits per heavy atom. The van der Waals surface area contributed by atoms with Crippen LogP contribution in [-0.2, 0) is 13.2 Å². The molecule has 0 aliphatic carbocycles. The lowest BCUT2D eigenvalue weighted by molar-refractivity contribution is -0.384. The summed E-state index contributed by atoms with van der Waals surface area (Å²) in [7, 11) is 1.89. The van der Waals surface area contributed by atoms with Gasteiger partial charge in [-0.25, -0.2) is 0 Å². The molecule has 5 nitrogen and oxygen atoms in total. The minimum atomic E-state index is -0.413. The zero-order chi connectivity index (χ0) is 15.2. The summed E-state index contributed by atoms with van der Waals surface area (Å²) in [5, 5.41) is 13.7. The van der Waals surface area contributed by atoms with Crippen LogP contribution in [0.3, 0.4) is 0 Å². The van der Waals surface area contributed by atoms with Gasteiger partial charge in [-0.2, -0.15) is 0 Å². The standard InChI is InChI=1S/C15H15BrN2O3/c1-17-9-12-8-14(6-7-15(12)16)21-10-11-2-4-13(5-3-11)18(19)20/h2-8,17H,9-10H2,1H3. The highest BCUT2D eigenvalue weighted by Crippen LogP contribution is 2.23. The molecular formula is C15H15BrN2O3. The second-order valence-corrected chi connectivity index (χ2v) is 5.35. The number of nitro benzene ring substituents is 1. The number of ether oxygens (including phenoxy) is 1. The first-order valence-electron chi connectivity index (χ1n) is 6.39. The third-order valence-corrected chi connectivity index (χ3v) is 3.71. The van der Waals surface area contributed by atoms with Crippen LogP contribution in [0.2, 0.25) is 0 Å². The third kappa shape index (κ3) is 4.27. The smallest absolute Gasteiger partial charge is 0.269 e. The molecule has 0 aliphatic heterocycles. The Morgan fingerprint density at radius 2 is 1.95 bits per heavy atom. The maximum atomic E-state index is 10.6. The molecule has 21 heavy (non-hydrogen) atoms. The summed E-state index contributed by atoms with van der Waals surface area (Å²) in [4.78, 5) is 10.2. The highest BCUT2D eigenvalue weighted by Gasteiger charge is 2.05. The number of non-ortho nitro benzene ring substituents is 1. The summed E-state index contributed by atoms with van der Waals surface area (Å²) in [6.45, 7) is 1.12. The Hall–Kier alpha value is -1.92. The van der Waals surface area contributed by atoms with Crippen LogP contribution in [0.25, 0.3) is 0 Å². The number of hydrogen-bond donors (Lipinski definition) is 1. The van der Waals surface area contributed by atoms with Crippen molar-refractivity contribution < 1.29 is 9.66 Å². The van der Waals surface area contributed by atoms with Gasteiger partial charge in [-0.15, -0.1) is 0 Å². The summed E-state index contributed by atoms with van der Waals surface area (Å²) in [5.74, 6) is 0.766. The van der Waals surface area contributed by atoms with Crippen LogP contribution in [0.1, 0.15) is 11.1 Å². The summed E-state index contributed by atoms with van der Waals surface area (Å²) in [6, 6.07) is 12.1. The summed E-state index contributed by atoms with van der Waals surface area (Å²) in [5.41, 5.74) is 2.08. The Kier molecular flexibility index (Phi) is 5.30. The highest BCUT2D eigenvalue weighted by atomic mass is 79.9. The summed E-state index contributed by atoms with van der Waals surface area (Å²) < 4.78 is 6.74. The zero-order valence-corrected chi connectivity index (χ0v) is 13.1. The van der Waals surface area contributed by atoms with E-state index in [2.05, 4.69) is 21.2 Å². The highest BCUT2D eigenvalue weighted by molar-refractivity contribution is 9.10. The molecule has 2 aromatic carbocycles. The van der Waals surface area contributed by atoms with Gasteiger partial charge in [-0.05, 0) is 48.5 Å². The summed E-state index contributed by atoms with van der Waals surface area (Å²) >= 11 is 3.49. The van der Waals surface area contributed by atoms with Crippen molar-refractivity contribution in [3.63, 3.8) is 0 Å². The Labute approximate surface area is 131 Å². The van der Waals surface area contributed by atoms with Crippen molar-refractivity contribution in [1.82, 2.24) is 5.32 Å². The normalized spacial score (nSPS) is 10.4. The van der Waals surface area contributed by atoms with Crippen LogP contribution < -0.4 is 10.1 Å². The van der Waals surface area contributed by atoms with Crippen molar-refractivity contribution in [1.29, 1.82) is 0 Å². The molecule has 0 radical (unpaired) electrons. The molecule has 2 aromatic rings. The van der Waals surface area contributed by atoms with Gasteiger partial charge in [-0.3, -0.25) is 10.1 Å². The third-order valence-electron chi connectivity index (χ3n) is 2.94. The van der Waals surface area contributed by atoms with Gasteiger partial charge < -0.3 is 10.1 Å². The zero-order valence-electron chi connectivity index (χ0n) is 11.5. The molecule has 0 aromatic heterocycles. The topological polar surface area (TPSA) is 64.4 Å². The van der Waals surface area contributed by atoms with Crippen LogP contribution in [0.5, 0.6) is 5.75 Å².